The molecule has 1 aromatic carbocycles. The highest BCUT2D eigenvalue weighted by molar-refractivity contribution is 6.45. The maximum atomic E-state index is 9.01. The summed E-state index contributed by atoms with van der Waals surface area (Å²) in [6.07, 6.45) is 3.10. The lowest BCUT2D eigenvalue weighted by Gasteiger charge is -2.05. The van der Waals surface area contributed by atoms with Crippen LogP contribution in [0, 0.1) is 0 Å². The van der Waals surface area contributed by atoms with E-state index < -0.39 is 0 Å². The predicted octanol–water partition coefficient (Wildman–Crippen LogP) is 0.497. The summed E-state index contributed by atoms with van der Waals surface area (Å²) in [6, 6.07) is 7.73. The quantitative estimate of drug-likeness (QED) is 0.557. The van der Waals surface area contributed by atoms with Crippen molar-refractivity contribution in [3.8, 4) is 0 Å². The molecule has 0 amide bonds. The van der Waals surface area contributed by atoms with E-state index in [2.05, 4.69) is 15.0 Å². The van der Waals surface area contributed by atoms with E-state index in [1.807, 2.05) is 28.8 Å². The van der Waals surface area contributed by atoms with Gasteiger partial charge in [0.2, 0.25) is 0 Å². The number of fused-ring (bicyclic) bond motifs is 1. The van der Waals surface area contributed by atoms with Gasteiger partial charge in [-0.3, -0.25) is 0 Å². The molecule has 0 spiro atoms. The molecule has 5 nitrogen and oxygen atoms in total. The first-order valence-electron chi connectivity index (χ1n) is 5.78. The van der Waals surface area contributed by atoms with Crippen molar-refractivity contribution in [3.63, 3.8) is 0 Å². The van der Waals surface area contributed by atoms with E-state index in [4.69, 9.17) is 16.6 Å². The molecule has 0 saturated heterocycles. The van der Waals surface area contributed by atoms with Crippen LogP contribution in [0.3, 0.4) is 0 Å². The molecule has 0 aliphatic heterocycles. The summed E-state index contributed by atoms with van der Waals surface area (Å²) in [5, 5.41) is 9.41. The molecular formula is C12H10BClN4O. The maximum absolute atomic E-state index is 9.01. The molecule has 2 aromatic heterocycles. The second kappa shape index (κ2) is 4.99. The van der Waals surface area contributed by atoms with E-state index in [0.717, 1.165) is 16.5 Å². The van der Waals surface area contributed by atoms with E-state index >= 15 is 0 Å². The van der Waals surface area contributed by atoms with Gasteiger partial charge < -0.3 is 9.59 Å². The molecule has 0 bridgehead atoms. The van der Waals surface area contributed by atoms with E-state index in [0.29, 0.717) is 17.3 Å². The SMILES string of the molecule is OBc1ccc(Cn2cnc3ncnc(Cl)c32)cc1. The average molecular weight is 273 g/mol. The van der Waals surface area contributed by atoms with Gasteiger partial charge in [-0.05, 0) is 5.56 Å². The topological polar surface area (TPSA) is 63.8 Å². The van der Waals surface area contributed by atoms with Gasteiger partial charge >= 0.3 is 7.48 Å². The summed E-state index contributed by atoms with van der Waals surface area (Å²) < 4.78 is 1.91. The van der Waals surface area contributed by atoms with Gasteiger partial charge in [-0.25, -0.2) is 15.0 Å². The van der Waals surface area contributed by atoms with Crippen LogP contribution in [0.1, 0.15) is 5.56 Å². The molecule has 3 aromatic rings. The van der Waals surface area contributed by atoms with Crippen LogP contribution < -0.4 is 5.46 Å². The Bertz CT molecular complexity index is 713. The van der Waals surface area contributed by atoms with Crippen molar-refractivity contribution in [2.75, 3.05) is 0 Å². The minimum Gasteiger partial charge on any atom is -0.449 e. The number of hydrogen-bond donors (Lipinski definition) is 1. The minimum absolute atomic E-state index is 0.0496. The Morgan fingerprint density at radius 1 is 1.16 bits per heavy atom. The van der Waals surface area contributed by atoms with Crippen molar-refractivity contribution in [2.24, 2.45) is 0 Å². The minimum atomic E-state index is 0.0496. The van der Waals surface area contributed by atoms with Gasteiger partial charge in [0, 0.05) is 6.54 Å². The van der Waals surface area contributed by atoms with E-state index in [1.165, 1.54) is 6.33 Å². The highest BCUT2D eigenvalue weighted by Crippen LogP contribution is 2.19. The highest BCUT2D eigenvalue weighted by Gasteiger charge is 2.09. The molecular weight excluding hydrogens is 262 g/mol. The summed E-state index contributed by atoms with van der Waals surface area (Å²) in [5.41, 5.74) is 3.31. The number of aromatic nitrogens is 4. The number of imidazole rings is 1. The Morgan fingerprint density at radius 3 is 2.68 bits per heavy atom. The number of nitrogens with zero attached hydrogens (tertiary/aromatic N) is 4. The van der Waals surface area contributed by atoms with Crippen LogP contribution in [-0.2, 0) is 6.54 Å². The fraction of sp³-hybridized carbons (Fsp3) is 0.0833. The average Bonchev–Trinajstić information content (AvgIpc) is 2.84. The molecule has 19 heavy (non-hydrogen) atoms. The number of rotatable bonds is 3. The molecule has 94 valence electrons. The monoisotopic (exact) mass is 272 g/mol. The number of halogens is 1. The number of benzene rings is 1. The third-order valence-corrected chi connectivity index (χ3v) is 3.20. The smallest absolute Gasteiger partial charge is 0.304 e. The molecule has 0 fully saturated rings. The van der Waals surface area contributed by atoms with E-state index in [9.17, 15) is 0 Å². The van der Waals surface area contributed by atoms with Crippen LogP contribution >= 0.6 is 11.6 Å². The summed E-state index contributed by atoms with van der Waals surface area (Å²) >= 11 is 6.07. The van der Waals surface area contributed by atoms with Crippen LogP contribution in [0.5, 0.6) is 0 Å². The summed E-state index contributed by atoms with van der Waals surface area (Å²) in [4.78, 5) is 12.2. The standard InChI is InChI=1S/C12H10BClN4O/c14-11-10-12(16-6-15-11)17-7-18(10)5-8-1-3-9(13-19)4-2-8/h1-4,6-7,13,19H,5H2. The van der Waals surface area contributed by atoms with E-state index in [1.54, 1.807) is 6.33 Å². The van der Waals surface area contributed by atoms with Crippen LogP contribution in [0.4, 0.5) is 0 Å². The third-order valence-electron chi connectivity index (χ3n) is 2.92. The Hall–Kier alpha value is -1.92. The molecule has 0 unspecified atom stereocenters. The zero-order chi connectivity index (χ0) is 13.2. The van der Waals surface area contributed by atoms with Crippen molar-refractivity contribution < 1.29 is 5.02 Å². The van der Waals surface area contributed by atoms with Gasteiger partial charge in [0.15, 0.2) is 10.8 Å². The zero-order valence-electron chi connectivity index (χ0n) is 9.99. The Balaban J connectivity index is 1.96. The zero-order valence-corrected chi connectivity index (χ0v) is 10.7. The molecule has 0 saturated carbocycles. The normalized spacial score (nSPS) is 10.8. The summed E-state index contributed by atoms with van der Waals surface area (Å²) in [7, 11) is 0.0496. The largest absolute Gasteiger partial charge is 0.449 e. The van der Waals surface area contributed by atoms with Crippen molar-refractivity contribution in [1.82, 2.24) is 19.5 Å². The van der Waals surface area contributed by atoms with Crippen molar-refractivity contribution in [1.29, 1.82) is 0 Å². The molecule has 2 heterocycles. The second-order valence-electron chi connectivity index (χ2n) is 4.18. The molecule has 3 rings (SSSR count). The Kier molecular flexibility index (Phi) is 3.19. The Labute approximate surface area is 115 Å². The van der Waals surface area contributed by atoms with Crippen molar-refractivity contribution >= 4 is 35.7 Å². The fourth-order valence-electron chi connectivity index (χ4n) is 1.94. The first kappa shape index (κ1) is 12.1. The molecule has 0 atom stereocenters. The van der Waals surface area contributed by atoms with Gasteiger partial charge in [0.1, 0.15) is 11.8 Å². The lowest BCUT2D eigenvalue weighted by Crippen LogP contribution is -2.12. The van der Waals surface area contributed by atoms with Crippen LogP contribution in [0.2, 0.25) is 5.15 Å². The molecule has 0 radical (unpaired) electrons. The lowest BCUT2D eigenvalue weighted by atomic mass is 9.88. The Morgan fingerprint density at radius 2 is 1.95 bits per heavy atom. The van der Waals surface area contributed by atoms with Gasteiger partial charge in [-0.1, -0.05) is 41.3 Å². The van der Waals surface area contributed by atoms with Gasteiger partial charge in [-0.15, -0.1) is 0 Å². The summed E-state index contributed by atoms with van der Waals surface area (Å²) in [5.74, 6) is 0. The summed E-state index contributed by atoms with van der Waals surface area (Å²) in [6.45, 7) is 0.634. The van der Waals surface area contributed by atoms with Crippen LogP contribution in [0.15, 0.2) is 36.9 Å². The van der Waals surface area contributed by atoms with Gasteiger partial charge in [0.05, 0.1) is 6.33 Å². The lowest BCUT2D eigenvalue weighted by molar-refractivity contribution is 0.615. The molecule has 0 aliphatic carbocycles. The van der Waals surface area contributed by atoms with Crippen molar-refractivity contribution in [2.45, 2.75) is 6.54 Å². The molecule has 1 N–H and O–H groups in total. The first-order valence-corrected chi connectivity index (χ1v) is 6.16. The van der Waals surface area contributed by atoms with Crippen LogP contribution in [0.25, 0.3) is 11.2 Å². The second-order valence-corrected chi connectivity index (χ2v) is 4.54. The van der Waals surface area contributed by atoms with Gasteiger partial charge in [0.25, 0.3) is 0 Å². The fourth-order valence-corrected chi connectivity index (χ4v) is 2.18. The van der Waals surface area contributed by atoms with Gasteiger partial charge in [-0.2, -0.15) is 0 Å². The maximum Gasteiger partial charge on any atom is 0.304 e. The highest BCUT2D eigenvalue weighted by atomic mass is 35.5. The van der Waals surface area contributed by atoms with Crippen LogP contribution in [-0.4, -0.2) is 32.0 Å². The first-order chi connectivity index (χ1) is 9.28. The molecule has 0 aliphatic rings. The van der Waals surface area contributed by atoms with E-state index in [-0.39, 0.29) is 7.48 Å². The third kappa shape index (κ3) is 2.32. The van der Waals surface area contributed by atoms with Crippen molar-refractivity contribution in [3.05, 3.63) is 47.6 Å². The molecule has 7 heteroatoms. The predicted molar refractivity (Wildman–Crippen MR) is 74.9 cm³/mol. The number of hydrogen-bond acceptors (Lipinski definition) is 4.